The van der Waals surface area contributed by atoms with Crippen LogP contribution in [-0.4, -0.2) is 23.7 Å². The van der Waals surface area contributed by atoms with E-state index in [-0.39, 0.29) is 5.57 Å². The fraction of sp³-hybridized carbons (Fsp3) is 0.438. The number of allylic oxidation sites excluding steroid dienone is 1. The van der Waals surface area contributed by atoms with Crippen LogP contribution in [-0.2, 0) is 11.2 Å². The van der Waals surface area contributed by atoms with E-state index in [9.17, 15) is 9.18 Å². The molecule has 0 bridgehead atoms. The zero-order valence-electron chi connectivity index (χ0n) is 12.1. The van der Waals surface area contributed by atoms with Crippen LogP contribution in [0.1, 0.15) is 38.3 Å². The minimum absolute atomic E-state index is 0.182. The van der Waals surface area contributed by atoms with E-state index in [4.69, 9.17) is 5.11 Å². The lowest BCUT2D eigenvalue weighted by Gasteiger charge is -2.35. The molecule has 0 unspecified atom stereocenters. The maximum Gasteiger partial charge on any atom is 0.365 e. The van der Waals surface area contributed by atoms with Crippen molar-refractivity contribution in [1.82, 2.24) is 0 Å². The lowest BCUT2D eigenvalue weighted by atomic mass is 9.95. The van der Waals surface area contributed by atoms with Crippen LogP contribution in [0.3, 0.4) is 0 Å². The number of carboxylic acids is 1. The summed E-state index contributed by atoms with van der Waals surface area (Å²) in [5, 5.41) is 8.73. The number of nitrogens with zero attached hydrogens (tertiary/aromatic N) is 1. The highest BCUT2D eigenvalue weighted by Crippen LogP contribution is 2.32. The average Bonchev–Trinajstić information content (AvgIpc) is 2.44. The molecule has 0 saturated carbocycles. The molecule has 1 aromatic rings. The van der Waals surface area contributed by atoms with Gasteiger partial charge in [0.05, 0.1) is 0 Å². The largest absolute Gasteiger partial charge is 0.476 e. The summed E-state index contributed by atoms with van der Waals surface area (Å²) in [6.45, 7) is 6.84. The number of rotatable bonds is 3. The van der Waals surface area contributed by atoms with Gasteiger partial charge in [-0.15, -0.1) is 0 Å². The second-order valence-electron chi connectivity index (χ2n) is 5.48. The minimum atomic E-state index is -1.51. The number of benzene rings is 1. The summed E-state index contributed by atoms with van der Waals surface area (Å²) in [5.74, 6) is -2.59. The second kappa shape index (κ2) is 5.65. The molecule has 0 fully saturated rings. The Bertz CT molecular complexity index is 564. The molecule has 0 atom stereocenters. The molecule has 0 amide bonds. The van der Waals surface area contributed by atoms with Gasteiger partial charge >= 0.3 is 5.97 Å². The molecule has 3 nitrogen and oxygen atoms in total. The van der Waals surface area contributed by atoms with Crippen molar-refractivity contribution in [3.8, 4) is 0 Å². The first kappa shape index (κ1) is 14.6. The molecule has 1 aromatic carbocycles. The predicted octanol–water partition coefficient (Wildman–Crippen LogP) is 3.63. The molecule has 0 aliphatic carbocycles. The smallest absolute Gasteiger partial charge is 0.365 e. The summed E-state index contributed by atoms with van der Waals surface area (Å²) in [5.41, 5.74) is 3.18. The molecule has 4 heteroatoms. The van der Waals surface area contributed by atoms with Crippen molar-refractivity contribution in [2.24, 2.45) is 0 Å². The van der Waals surface area contributed by atoms with Crippen molar-refractivity contribution in [2.45, 2.75) is 39.7 Å². The zero-order chi connectivity index (χ0) is 14.9. The quantitative estimate of drug-likeness (QED) is 0.858. The Labute approximate surface area is 118 Å². The molecule has 0 radical (unpaired) electrons. The van der Waals surface area contributed by atoms with Gasteiger partial charge in [0.2, 0.25) is 5.83 Å². The van der Waals surface area contributed by atoms with Gasteiger partial charge in [-0.3, -0.25) is 0 Å². The summed E-state index contributed by atoms with van der Waals surface area (Å²) in [4.78, 5) is 13.0. The van der Waals surface area contributed by atoms with E-state index in [1.54, 1.807) is 6.07 Å². The SMILES string of the molecule is CC(=C(F)C(=O)O)c1ccc2c(c1)CCCN2C(C)C. The highest BCUT2D eigenvalue weighted by molar-refractivity contribution is 5.93. The summed E-state index contributed by atoms with van der Waals surface area (Å²) in [6.07, 6.45) is 2.02. The van der Waals surface area contributed by atoms with Gasteiger partial charge in [0, 0.05) is 18.3 Å². The summed E-state index contributed by atoms with van der Waals surface area (Å²) >= 11 is 0. The van der Waals surface area contributed by atoms with Gasteiger partial charge in [0.1, 0.15) is 0 Å². The highest BCUT2D eigenvalue weighted by Gasteiger charge is 2.20. The van der Waals surface area contributed by atoms with Crippen molar-refractivity contribution < 1.29 is 14.3 Å². The van der Waals surface area contributed by atoms with Crippen molar-refractivity contribution >= 4 is 17.2 Å². The zero-order valence-corrected chi connectivity index (χ0v) is 12.1. The van der Waals surface area contributed by atoms with E-state index in [0.29, 0.717) is 11.6 Å². The monoisotopic (exact) mass is 277 g/mol. The molecule has 0 saturated heterocycles. The normalized spacial score (nSPS) is 15.9. The second-order valence-corrected chi connectivity index (χ2v) is 5.48. The number of fused-ring (bicyclic) bond motifs is 1. The van der Waals surface area contributed by atoms with Gasteiger partial charge in [-0.05, 0) is 62.4 Å². The summed E-state index contributed by atoms with van der Waals surface area (Å²) in [7, 11) is 0. The van der Waals surface area contributed by atoms with Crippen LogP contribution in [0.4, 0.5) is 10.1 Å². The first-order valence-corrected chi connectivity index (χ1v) is 6.91. The van der Waals surface area contributed by atoms with Crippen molar-refractivity contribution in [2.75, 3.05) is 11.4 Å². The van der Waals surface area contributed by atoms with Gasteiger partial charge in [-0.25, -0.2) is 4.79 Å². The maximum atomic E-state index is 13.5. The van der Waals surface area contributed by atoms with Gasteiger partial charge in [-0.1, -0.05) is 6.07 Å². The third-order valence-electron chi connectivity index (χ3n) is 3.81. The van der Waals surface area contributed by atoms with Crippen LogP contribution in [0.5, 0.6) is 0 Å². The third kappa shape index (κ3) is 2.69. The molecule has 20 heavy (non-hydrogen) atoms. The molecular weight excluding hydrogens is 257 g/mol. The first-order chi connectivity index (χ1) is 9.41. The first-order valence-electron chi connectivity index (χ1n) is 6.91. The Morgan fingerprint density at radius 2 is 2.10 bits per heavy atom. The number of aliphatic carboxylic acids is 1. The number of aryl methyl sites for hydroxylation is 1. The van der Waals surface area contributed by atoms with Gasteiger partial charge in [0.25, 0.3) is 0 Å². The Morgan fingerprint density at radius 1 is 1.40 bits per heavy atom. The van der Waals surface area contributed by atoms with Crippen LogP contribution < -0.4 is 4.90 Å². The molecule has 1 N–H and O–H groups in total. The van der Waals surface area contributed by atoms with Gasteiger partial charge < -0.3 is 10.0 Å². The summed E-state index contributed by atoms with van der Waals surface area (Å²) in [6, 6.07) is 6.12. The van der Waals surface area contributed by atoms with E-state index >= 15 is 0 Å². The molecule has 108 valence electrons. The highest BCUT2D eigenvalue weighted by atomic mass is 19.1. The number of hydrogen-bond acceptors (Lipinski definition) is 2. The molecular formula is C16H20FNO2. The van der Waals surface area contributed by atoms with Crippen molar-refractivity contribution in [3.63, 3.8) is 0 Å². The topological polar surface area (TPSA) is 40.5 Å². The van der Waals surface area contributed by atoms with E-state index < -0.39 is 11.8 Å². The Morgan fingerprint density at radius 3 is 2.70 bits per heavy atom. The van der Waals surface area contributed by atoms with Crippen LogP contribution in [0.2, 0.25) is 0 Å². The maximum absolute atomic E-state index is 13.5. The molecule has 1 aliphatic heterocycles. The van der Waals surface area contributed by atoms with Crippen molar-refractivity contribution in [3.05, 3.63) is 35.2 Å². The lowest BCUT2D eigenvalue weighted by Crippen LogP contribution is -2.35. The van der Waals surface area contributed by atoms with E-state index in [0.717, 1.165) is 19.4 Å². The van der Waals surface area contributed by atoms with Crippen molar-refractivity contribution in [1.29, 1.82) is 0 Å². The van der Waals surface area contributed by atoms with E-state index in [2.05, 4.69) is 18.7 Å². The number of halogens is 1. The molecule has 2 rings (SSSR count). The standard InChI is InChI=1S/C16H20FNO2/c1-10(2)18-8-4-5-13-9-12(6-7-14(13)18)11(3)15(17)16(19)20/h6-7,9-10H,4-5,8H2,1-3H3,(H,19,20). The molecule has 0 spiro atoms. The lowest BCUT2D eigenvalue weighted by molar-refractivity contribution is -0.134. The van der Waals surface area contributed by atoms with Crippen LogP contribution in [0.25, 0.3) is 5.57 Å². The Balaban J connectivity index is 2.43. The molecule has 1 aliphatic rings. The van der Waals surface area contributed by atoms with Gasteiger partial charge in [-0.2, -0.15) is 4.39 Å². The third-order valence-corrected chi connectivity index (χ3v) is 3.81. The predicted molar refractivity (Wildman–Crippen MR) is 78.6 cm³/mol. The van der Waals surface area contributed by atoms with Crippen LogP contribution in [0.15, 0.2) is 24.0 Å². The number of anilines is 1. The van der Waals surface area contributed by atoms with Crippen LogP contribution >= 0.6 is 0 Å². The average molecular weight is 277 g/mol. The summed E-state index contributed by atoms with van der Waals surface area (Å²) < 4.78 is 13.5. The Kier molecular flexibility index (Phi) is 4.12. The van der Waals surface area contributed by atoms with Crippen LogP contribution in [0, 0.1) is 0 Å². The minimum Gasteiger partial charge on any atom is -0.476 e. The number of carboxylic acid groups (broad SMARTS) is 1. The van der Waals surface area contributed by atoms with Gasteiger partial charge in [0.15, 0.2) is 0 Å². The number of carbonyl (C=O) groups is 1. The number of hydrogen-bond donors (Lipinski definition) is 1. The molecule has 0 aromatic heterocycles. The Hall–Kier alpha value is -1.84. The molecule has 1 heterocycles. The van der Waals surface area contributed by atoms with E-state index in [1.165, 1.54) is 18.2 Å². The van der Waals surface area contributed by atoms with E-state index in [1.807, 2.05) is 12.1 Å². The fourth-order valence-corrected chi connectivity index (χ4v) is 2.68. The fourth-order valence-electron chi connectivity index (χ4n) is 2.68.